The largest absolute Gasteiger partial charge is 0.341 e. The molecule has 0 fully saturated rings. The van der Waals surface area contributed by atoms with Crippen LogP contribution in [0.4, 0.5) is 0 Å². The lowest BCUT2D eigenvalue weighted by molar-refractivity contribution is -0.131. The SMILES string of the molecule is Cc1cccc(CN(C)C(=O)CC(C)CN)c1. The first-order valence-corrected chi connectivity index (χ1v) is 6.02. The van der Waals surface area contributed by atoms with Crippen molar-refractivity contribution in [3.63, 3.8) is 0 Å². The van der Waals surface area contributed by atoms with E-state index in [0.717, 1.165) is 0 Å². The maximum absolute atomic E-state index is 11.9. The molecule has 94 valence electrons. The predicted molar refractivity (Wildman–Crippen MR) is 70.5 cm³/mol. The second kappa shape index (κ2) is 6.40. The third-order valence-electron chi connectivity index (χ3n) is 2.85. The van der Waals surface area contributed by atoms with E-state index in [9.17, 15) is 4.79 Å². The van der Waals surface area contributed by atoms with Gasteiger partial charge in [-0.15, -0.1) is 0 Å². The Morgan fingerprint density at radius 2 is 2.18 bits per heavy atom. The van der Waals surface area contributed by atoms with Crippen LogP contribution in [0, 0.1) is 12.8 Å². The first-order chi connectivity index (χ1) is 8.02. The predicted octanol–water partition coefficient (Wildman–Crippen LogP) is 1.94. The summed E-state index contributed by atoms with van der Waals surface area (Å²) in [4.78, 5) is 13.6. The number of hydrogen-bond donors (Lipinski definition) is 1. The van der Waals surface area contributed by atoms with Crippen molar-refractivity contribution in [2.75, 3.05) is 13.6 Å². The Balaban J connectivity index is 2.54. The first kappa shape index (κ1) is 13.7. The third kappa shape index (κ3) is 4.57. The summed E-state index contributed by atoms with van der Waals surface area (Å²) in [5.74, 6) is 0.409. The second-order valence-electron chi connectivity index (χ2n) is 4.78. The fourth-order valence-corrected chi connectivity index (χ4v) is 1.71. The summed E-state index contributed by atoms with van der Waals surface area (Å²) in [7, 11) is 1.84. The van der Waals surface area contributed by atoms with Gasteiger partial charge < -0.3 is 10.6 Å². The molecule has 1 aromatic carbocycles. The van der Waals surface area contributed by atoms with Gasteiger partial charge in [0.05, 0.1) is 0 Å². The summed E-state index contributed by atoms with van der Waals surface area (Å²) in [5.41, 5.74) is 7.91. The number of nitrogens with zero attached hydrogens (tertiary/aromatic N) is 1. The first-order valence-electron chi connectivity index (χ1n) is 6.02. The van der Waals surface area contributed by atoms with E-state index in [2.05, 4.69) is 19.1 Å². The molecule has 0 aromatic heterocycles. The van der Waals surface area contributed by atoms with Gasteiger partial charge in [0.25, 0.3) is 0 Å². The topological polar surface area (TPSA) is 46.3 Å². The summed E-state index contributed by atoms with van der Waals surface area (Å²) in [6.07, 6.45) is 0.527. The summed E-state index contributed by atoms with van der Waals surface area (Å²) < 4.78 is 0. The molecule has 1 unspecified atom stereocenters. The van der Waals surface area contributed by atoms with Crippen molar-refractivity contribution in [1.82, 2.24) is 4.90 Å². The van der Waals surface area contributed by atoms with Gasteiger partial charge in [0.15, 0.2) is 0 Å². The maximum atomic E-state index is 11.9. The fraction of sp³-hybridized carbons (Fsp3) is 0.500. The minimum absolute atomic E-state index is 0.157. The average molecular weight is 234 g/mol. The second-order valence-corrected chi connectivity index (χ2v) is 4.78. The summed E-state index contributed by atoms with van der Waals surface area (Å²) in [6.45, 7) is 5.28. The van der Waals surface area contributed by atoms with Crippen LogP contribution in [0.15, 0.2) is 24.3 Å². The molecule has 2 N–H and O–H groups in total. The highest BCUT2D eigenvalue weighted by molar-refractivity contribution is 5.76. The molecule has 0 aliphatic carbocycles. The van der Waals surface area contributed by atoms with Crippen molar-refractivity contribution in [1.29, 1.82) is 0 Å². The zero-order chi connectivity index (χ0) is 12.8. The summed E-state index contributed by atoms with van der Waals surface area (Å²) >= 11 is 0. The molecule has 3 nitrogen and oxygen atoms in total. The van der Waals surface area contributed by atoms with E-state index >= 15 is 0 Å². The number of hydrogen-bond acceptors (Lipinski definition) is 2. The van der Waals surface area contributed by atoms with Crippen LogP contribution in [0.25, 0.3) is 0 Å². The van der Waals surface area contributed by atoms with Crippen LogP contribution >= 0.6 is 0 Å². The van der Waals surface area contributed by atoms with Crippen LogP contribution in [0.5, 0.6) is 0 Å². The van der Waals surface area contributed by atoms with Gasteiger partial charge in [0.2, 0.25) is 5.91 Å². The smallest absolute Gasteiger partial charge is 0.222 e. The average Bonchev–Trinajstić information content (AvgIpc) is 2.28. The highest BCUT2D eigenvalue weighted by Crippen LogP contribution is 2.09. The van der Waals surface area contributed by atoms with Crippen LogP contribution < -0.4 is 5.73 Å². The molecule has 0 saturated carbocycles. The zero-order valence-electron chi connectivity index (χ0n) is 10.9. The molecule has 1 rings (SSSR count). The normalized spacial score (nSPS) is 12.2. The van der Waals surface area contributed by atoms with Gasteiger partial charge in [0.1, 0.15) is 0 Å². The van der Waals surface area contributed by atoms with Gasteiger partial charge in [-0.05, 0) is 24.9 Å². The van der Waals surface area contributed by atoms with E-state index in [1.807, 2.05) is 26.1 Å². The number of benzene rings is 1. The van der Waals surface area contributed by atoms with Gasteiger partial charge in [-0.1, -0.05) is 36.8 Å². The zero-order valence-corrected chi connectivity index (χ0v) is 10.9. The molecule has 17 heavy (non-hydrogen) atoms. The van der Waals surface area contributed by atoms with Gasteiger partial charge >= 0.3 is 0 Å². The number of amides is 1. The van der Waals surface area contributed by atoms with Gasteiger partial charge in [0, 0.05) is 20.0 Å². The molecule has 0 aliphatic heterocycles. The number of carbonyl (C=O) groups is 1. The van der Waals surface area contributed by atoms with E-state index < -0.39 is 0 Å². The van der Waals surface area contributed by atoms with Crippen molar-refractivity contribution in [2.45, 2.75) is 26.8 Å². The molecule has 1 aromatic rings. The molecule has 0 aliphatic rings. The van der Waals surface area contributed by atoms with E-state index in [-0.39, 0.29) is 11.8 Å². The molecule has 1 amide bonds. The third-order valence-corrected chi connectivity index (χ3v) is 2.85. The van der Waals surface area contributed by atoms with Crippen molar-refractivity contribution in [3.8, 4) is 0 Å². The van der Waals surface area contributed by atoms with E-state index in [1.165, 1.54) is 11.1 Å². The fourth-order valence-electron chi connectivity index (χ4n) is 1.71. The van der Waals surface area contributed by atoms with Crippen LogP contribution in [0.2, 0.25) is 0 Å². The van der Waals surface area contributed by atoms with Gasteiger partial charge in [-0.3, -0.25) is 4.79 Å². The monoisotopic (exact) mass is 234 g/mol. The van der Waals surface area contributed by atoms with E-state index in [1.54, 1.807) is 4.90 Å². The Labute approximate surface area is 104 Å². The van der Waals surface area contributed by atoms with Crippen LogP contribution in [0.1, 0.15) is 24.5 Å². The van der Waals surface area contributed by atoms with Crippen molar-refractivity contribution >= 4 is 5.91 Å². The Morgan fingerprint density at radius 1 is 1.47 bits per heavy atom. The molecule has 0 bridgehead atoms. The highest BCUT2D eigenvalue weighted by Gasteiger charge is 2.12. The van der Waals surface area contributed by atoms with E-state index in [4.69, 9.17) is 5.73 Å². The molecule has 1 atom stereocenters. The van der Waals surface area contributed by atoms with Crippen molar-refractivity contribution < 1.29 is 4.79 Å². The lowest BCUT2D eigenvalue weighted by Gasteiger charge is -2.19. The molecule has 0 heterocycles. The quantitative estimate of drug-likeness (QED) is 0.846. The van der Waals surface area contributed by atoms with Crippen LogP contribution in [-0.2, 0) is 11.3 Å². The summed E-state index contributed by atoms with van der Waals surface area (Å²) in [6, 6.07) is 8.23. The summed E-state index contributed by atoms with van der Waals surface area (Å²) in [5, 5.41) is 0. The van der Waals surface area contributed by atoms with Crippen molar-refractivity contribution in [3.05, 3.63) is 35.4 Å². The maximum Gasteiger partial charge on any atom is 0.222 e. The van der Waals surface area contributed by atoms with Crippen LogP contribution in [0.3, 0.4) is 0 Å². The number of aryl methyl sites for hydroxylation is 1. The number of nitrogens with two attached hydrogens (primary N) is 1. The Hall–Kier alpha value is -1.35. The number of carbonyl (C=O) groups excluding carboxylic acids is 1. The van der Waals surface area contributed by atoms with E-state index in [0.29, 0.717) is 19.5 Å². The molecular weight excluding hydrogens is 212 g/mol. The molecular formula is C14H22N2O. The Kier molecular flexibility index (Phi) is 5.16. The Morgan fingerprint density at radius 3 is 2.76 bits per heavy atom. The highest BCUT2D eigenvalue weighted by atomic mass is 16.2. The minimum Gasteiger partial charge on any atom is -0.341 e. The molecule has 0 radical (unpaired) electrons. The van der Waals surface area contributed by atoms with Crippen molar-refractivity contribution in [2.24, 2.45) is 11.7 Å². The minimum atomic E-state index is 0.157. The van der Waals surface area contributed by atoms with Crippen LogP contribution in [-0.4, -0.2) is 24.4 Å². The number of rotatable bonds is 5. The van der Waals surface area contributed by atoms with Gasteiger partial charge in [-0.2, -0.15) is 0 Å². The molecule has 0 saturated heterocycles. The lowest BCUT2D eigenvalue weighted by atomic mass is 10.1. The van der Waals surface area contributed by atoms with Gasteiger partial charge in [-0.25, -0.2) is 0 Å². The molecule has 0 spiro atoms. The standard InChI is InChI=1S/C14H22N2O/c1-11-5-4-6-13(7-11)10-16(3)14(17)8-12(2)9-15/h4-7,12H,8-10,15H2,1-3H3. The molecule has 3 heteroatoms. The Bertz CT molecular complexity index is 376. The lowest BCUT2D eigenvalue weighted by Crippen LogP contribution is -2.29.